The van der Waals surface area contributed by atoms with E-state index in [1.165, 1.54) is 6.07 Å². The van der Waals surface area contributed by atoms with Gasteiger partial charge in [0.05, 0.1) is 18.6 Å². The number of aryl methyl sites for hydroxylation is 1. The average Bonchev–Trinajstić information content (AvgIpc) is 2.92. The molecule has 0 amide bonds. The Morgan fingerprint density at radius 1 is 1.35 bits per heavy atom. The molecule has 1 aromatic carbocycles. The minimum atomic E-state index is -0.642. The fourth-order valence-electron chi connectivity index (χ4n) is 2.10. The maximum absolute atomic E-state index is 13.5. The first-order valence-corrected chi connectivity index (χ1v) is 6.70. The molecule has 20 heavy (non-hydrogen) atoms. The van der Waals surface area contributed by atoms with Gasteiger partial charge in [-0.2, -0.15) is 0 Å². The zero-order chi connectivity index (χ0) is 14.5. The molecule has 0 aliphatic heterocycles. The van der Waals surface area contributed by atoms with Crippen molar-refractivity contribution < 1.29 is 13.9 Å². The van der Waals surface area contributed by atoms with Crippen LogP contribution < -0.4 is 0 Å². The lowest BCUT2D eigenvalue weighted by Gasteiger charge is -2.18. The Balaban J connectivity index is 1.85. The van der Waals surface area contributed by atoms with Crippen LogP contribution in [0.15, 0.2) is 41.2 Å². The van der Waals surface area contributed by atoms with Crippen molar-refractivity contribution in [1.29, 1.82) is 0 Å². The van der Waals surface area contributed by atoms with Gasteiger partial charge in [0, 0.05) is 18.7 Å². The van der Waals surface area contributed by atoms with Gasteiger partial charge in [0.25, 0.3) is 0 Å². The summed E-state index contributed by atoms with van der Waals surface area (Å²) in [6.45, 7) is 3.21. The van der Waals surface area contributed by atoms with E-state index in [-0.39, 0.29) is 5.82 Å². The van der Waals surface area contributed by atoms with Gasteiger partial charge in [-0.1, -0.05) is 12.1 Å². The second kappa shape index (κ2) is 6.68. The van der Waals surface area contributed by atoms with Crippen molar-refractivity contribution in [2.45, 2.75) is 26.0 Å². The maximum Gasteiger partial charge on any atom is 0.126 e. The third-order valence-electron chi connectivity index (χ3n) is 3.40. The van der Waals surface area contributed by atoms with Crippen molar-refractivity contribution in [3.05, 3.63) is 59.3 Å². The molecule has 0 saturated heterocycles. The molecule has 3 nitrogen and oxygen atoms in total. The molecule has 2 aromatic rings. The van der Waals surface area contributed by atoms with Crippen molar-refractivity contribution >= 4 is 0 Å². The van der Waals surface area contributed by atoms with Crippen LogP contribution in [-0.2, 0) is 6.54 Å². The lowest BCUT2D eigenvalue weighted by Crippen LogP contribution is -2.20. The van der Waals surface area contributed by atoms with E-state index in [0.29, 0.717) is 17.5 Å². The van der Waals surface area contributed by atoms with E-state index in [2.05, 4.69) is 4.90 Å². The SMILES string of the molecule is Cc1ccc(C(O)CCN(C)Cc2ccoc2)cc1F. The van der Waals surface area contributed by atoms with E-state index in [0.717, 1.165) is 18.7 Å². The summed E-state index contributed by atoms with van der Waals surface area (Å²) in [7, 11) is 1.98. The molecule has 4 heteroatoms. The quantitative estimate of drug-likeness (QED) is 0.880. The van der Waals surface area contributed by atoms with Crippen molar-refractivity contribution in [3.8, 4) is 0 Å². The van der Waals surface area contributed by atoms with Gasteiger partial charge >= 0.3 is 0 Å². The number of hydrogen-bond donors (Lipinski definition) is 1. The third-order valence-corrected chi connectivity index (χ3v) is 3.40. The molecule has 2 rings (SSSR count). The molecule has 108 valence electrons. The predicted octanol–water partition coefficient (Wildman–Crippen LogP) is 3.28. The van der Waals surface area contributed by atoms with Gasteiger partial charge in [-0.3, -0.25) is 0 Å². The molecular weight excluding hydrogens is 257 g/mol. The summed E-state index contributed by atoms with van der Waals surface area (Å²) in [5.74, 6) is -0.270. The molecule has 0 bridgehead atoms. The molecule has 0 fully saturated rings. The summed E-state index contributed by atoms with van der Waals surface area (Å²) >= 11 is 0. The minimum Gasteiger partial charge on any atom is -0.472 e. The second-order valence-electron chi connectivity index (χ2n) is 5.18. The van der Waals surface area contributed by atoms with Crippen molar-refractivity contribution in [2.75, 3.05) is 13.6 Å². The number of rotatable bonds is 6. The lowest BCUT2D eigenvalue weighted by molar-refractivity contribution is 0.147. The van der Waals surface area contributed by atoms with Crippen LogP contribution in [0.4, 0.5) is 4.39 Å². The summed E-state index contributed by atoms with van der Waals surface area (Å²) in [6, 6.07) is 6.81. The number of aliphatic hydroxyl groups excluding tert-OH is 1. The minimum absolute atomic E-state index is 0.270. The standard InChI is InChI=1S/C16H20FNO2/c1-12-3-4-14(9-15(12)17)16(19)5-7-18(2)10-13-6-8-20-11-13/h3-4,6,8-9,11,16,19H,5,7,10H2,1-2H3. The molecule has 0 saturated carbocycles. The summed E-state index contributed by atoms with van der Waals surface area (Å²) in [5.41, 5.74) is 2.33. The Hall–Kier alpha value is -1.65. The van der Waals surface area contributed by atoms with Crippen LogP contribution in [-0.4, -0.2) is 23.6 Å². The molecular formula is C16H20FNO2. The number of halogens is 1. The molecule has 0 spiro atoms. The van der Waals surface area contributed by atoms with E-state index in [4.69, 9.17) is 4.42 Å². The number of nitrogens with zero attached hydrogens (tertiary/aromatic N) is 1. The number of benzene rings is 1. The average molecular weight is 277 g/mol. The van der Waals surface area contributed by atoms with E-state index < -0.39 is 6.10 Å². The van der Waals surface area contributed by atoms with E-state index >= 15 is 0 Å². The smallest absolute Gasteiger partial charge is 0.126 e. The number of hydrogen-bond acceptors (Lipinski definition) is 3. The lowest BCUT2D eigenvalue weighted by atomic mass is 10.0. The monoisotopic (exact) mass is 277 g/mol. The topological polar surface area (TPSA) is 36.6 Å². The van der Waals surface area contributed by atoms with Crippen LogP contribution in [0, 0.1) is 12.7 Å². The highest BCUT2D eigenvalue weighted by Crippen LogP contribution is 2.20. The van der Waals surface area contributed by atoms with Crippen LogP contribution in [0.5, 0.6) is 0 Å². The van der Waals surface area contributed by atoms with Crippen LogP contribution in [0.1, 0.15) is 29.2 Å². The summed E-state index contributed by atoms with van der Waals surface area (Å²) < 4.78 is 18.5. The highest BCUT2D eigenvalue weighted by molar-refractivity contribution is 5.24. The number of furan rings is 1. The summed E-state index contributed by atoms with van der Waals surface area (Å²) in [6.07, 6.45) is 3.28. The molecule has 1 unspecified atom stereocenters. The molecule has 1 N–H and O–H groups in total. The van der Waals surface area contributed by atoms with Gasteiger partial charge in [-0.05, 0) is 43.7 Å². The number of aliphatic hydroxyl groups is 1. The Morgan fingerprint density at radius 2 is 2.15 bits per heavy atom. The van der Waals surface area contributed by atoms with Gasteiger partial charge in [0.1, 0.15) is 5.82 Å². The fraction of sp³-hybridized carbons (Fsp3) is 0.375. The molecule has 1 heterocycles. The third kappa shape index (κ3) is 3.92. The zero-order valence-electron chi connectivity index (χ0n) is 11.8. The Kier molecular flexibility index (Phi) is 4.93. The highest BCUT2D eigenvalue weighted by Gasteiger charge is 2.11. The van der Waals surface area contributed by atoms with Crippen LogP contribution in [0.3, 0.4) is 0 Å². The van der Waals surface area contributed by atoms with Crippen molar-refractivity contribution in [3.63, 3.8) is 0 Å². The van der Waals surface area contributed by atoms with E-state index in [1.54, 1.807) is 31.6 Å². The largest absolute Gasteiger partial charge is 0.472 e. The maximum atomic E-state index is 13.5. The molecule has 0 aliphatic carbocycles. The molecule has 0 radical (unpaired) electrons. The van der Waals surface area contributed by atoms with Crippen molar-refractivity contribution in [1.82, 2.24) is 4.90 Å². The Morgan fingerprint density at radius 3 is 2.80 bits per heavy atom. The fourth-order valence-corrected chi connectivity index (χ4v) is 2.10. The summed E-state index contributed by atoms with van der Waals surface area (Å²) in [4.78, 5) is 2.10. The van der Waals surface area contributed by atoms with Crippen LogP contribution >= 0.6 is 0 Å². The summed E-state index contributed by atoms with van der Waals surface area (Å²) in [5, 5.41) is 10.1. The first kappa shape index (κ1) is 14.8. The normalized spacial score (nSPS) is 12.8. The molecule has 1 atom stereocenters. The Labute approximate surface area is 118 Å². The second-order valence-corrected chi connectivity index (χ2v) is 5.18. The van der Waals surface area contributed by atoms with Crippen LogP contribution in [0.25, 0.3) is 0 Å². The van der Waals surface area contributed by atoms with Crippen LogP contribution in [0.2, 0.25) is 0 Å². The molecule has 0 aliphatic rings. The van der Waals surface area contributed by atoms with E-state index in [1.807, 2.05) is 13.1 Å². The zero-order valence-corrected chi connectivity index (χ0v) is 11.8. The van der Waals surface area contributed by atoms with Gasteiger partial charge in [0.15, 0.2) is 0 Å². The van der Waals surface area contributed by atoms with Crippen molar-refractivity contribution in [2.24, 2.45) is 0 Å². The first-order chi connectivity index (χ1) is 9.56. The molecule has 1 aromatic heterocycles. The predicted molar refractivity (Wildman–Crippen MR) is 75.8 cm³/mol. The Bertz CT molecular complexity index is 539. The first-order valence-electron chi connectivity index (χ1n) is 6.70. The highest BCUT2D eigenvalue weighted by atomic mass is 19.1. The van der Waals surface area contributed by atoms with Gasteiger partial charge in [-0.25, -0.2) is 4.39 Å². The van der Waals surface area contributed by atoms with Gasteiger partial charge < -0.3 is 14.4 Å². The van der Waals surface area contributed by atoms with E-state index in [9.17, 15) is 9.50 Å². The van der Waals surface area contributed by atoms with Gasteiger partial charge in [0.2, 0.25) is 0 Å². The van der Waals surface area contributed by atoms with Gasteiger partial charge in [-0.15, -0.1) is 0 Å².